The van der Waals surface area contributed by atoms with Crippen molar-refractivity contribution in [3.05, 3.63) is 71.8 Å². The van der Waals surface area contributed by atoms with Crippen LogP contribution in [-0.4, -0.2) is 36.1 Å². The summed E-state index contributed by atoms with van der Waals surface area (Å²) >= 11 is 0. The Bertz CT molecular complexity index is 1050. The third-order valence-corrected chi connectivity index (χ3v) is 4.97. The minimum Gasteiger partial charge on any atom is -0.508 e. The number of carbonyl (C=O) groups excluding carboxylic acids is 2. The lowest BCUT2D eigenvalue weighted by molar-refractivity contribution is -0.122. The number of amides is 2. The van der Waals surface area contributed by atoms with E-state index >= 15 is 0 Å². The molecule has 2 amide bonds. The fourth-order valence-corrected chi connectivity index (χ4v) is 3.26. The van der Waals surface area contributed by atoms with Gasteiger partial charge in [-0.1, -0.05) is 36.4 Å². The maximum Gasteiger partial charge on any atom is 0.252 e. The summed E-state index contributed by atoms with van der Waals surface area (Å²) in [4.78, 5) is 23.9. The quantitative estimate of drug-likeness (QED) is 0.374. The Balaban J connectivity index is 1.42. The Labute approximate surface area is 181 Å². The van der Waals surface area contributed by atoms with Crippen LogP contribution in [0.2, 0.25) is 0 Å². The minimum atomic E-state index is -0.656. The molecule has 0 spiro atoms. The molecule has 1 unspecified atom stereocenters. The van der Waals surface area contributed by atoms with Gasteiger partial charge in [-0.25, -0.2) is 0 Å². The lowest BCUT2D eigenvalue weighted by Crippen LogP contribution is -2.42. The van der Waals surface area contributed by atoms with Crippen LogP contribution in [0.5, 0.6) is 11.5 Å². The topological polar surface area (TPSA) is 128 Å². The van der Waals surface area contributed by atoms with Gasteiger partial charge in [-0.05, 0) is 59.9 Å². The van der Waals surface area contributed by atoms with Crippen molar-refractivity contribution < 1.29 is 19.4 Å². The zero-order chi connectivity index (χ0) is 22.2. The van der Waals surface area contributed by atoms with Crippen LogP contribution in [0.4, 0.5) is 0 Å². The number of phenols is 1. The number of hydrogen-bond acceptors (Lipinski definition) is 5. The largest absolute Gasteiger partial charge is 0.508 e. The van der Waals surface area contributed by atoms with Gasteiger partial charge in [0.1, 0.15) is 11.5 Å². The van der Waals surface area contributed by atoms with Crippen LogP contribution in [0.25, 0.3) is 10.8 Å². The number of benzene rings is 3. The van der Waals surface area contributed by atoms with E-state index in [1.165, 1.54) is 0 Å². The minimum absolute atomic E-state index is 0.177. The molecule has 7 heteroatoms. The molecular weight excluding hydrogens is 394 g/mol. The number of carbonyl (C=O) groups is 2. The van der Waals surface area contributed by atoms with Gasteiger partial charge >= 0.3 is 0 Å². The molecule has 0 aliphatic rings. The number of phenolic OH excluding ortho intramolecular Hbond substituents is 1. The van der Waals surface area contributed by atoms with Crippen molar-refractivity contribution >= 4 is 22.6 Å². The van der Waals surface area contributed by atoms with Crippen LogP contribution in [0, 0.1) is 0 Å². The zero-order valence-corrected chi connectivity index (χ0v) is 17.2. The fraction of sp³-hybridized carbons (Fsp3) is 0.250. The maximum atomic E-state index is 12.1. The number of primary amides is 1. The standard InChI is InChI=1S/C24H27N3O4/c25-21(13-16-7-9-19(28)10-8-16)24(30)27-11-3-4-12-31-22-15-18-6-2-1-5-17(18)14-20(22)23(26)29/h1-2,5-10,14-15,21,28H,3-4,11-13,25H2,(H2,26,29)(H,27,30). The molecule has 0 aliphatic heterocycles. The highest BCUT2D eigenvalue weighted by Crippen LogP contribution is 2.26. The number of ether oxygens (including phenoxy) is 1. The SMILES string of the molecule is NC(=O)c1cc2ccccc2cc1OCCCCNC(=O)C(N)Cc1ccc(O)cc1. The van der Waals surface area contributed by atoms with E-state index in [1.807, 2.05) is 30.3 Å². The van der Waals surface area contributed by atoms with Gasteiger partial charge in [0.15, 0.2) is 0 Å². The average molecular weight is 421 g/mol. The van der Waals surface area contributed by atoms with Crippen molar-refractivity contribution in [3.63, 3.8) is 0 Å². The van der Waals surface area contributed by atoms with E-state index in [9.17, 15) is 14.7 Å². The lowest BCUT2D eigenvalue weighted by atomic mass is 10.1. The number of rotatable bonds is 10. The number of aromatic hydroxyl groups is 1. The highest BCUT2D eigenvalue weighted by molar-refractivity contribution is 6.00. The first kappa shape index (κ1) is 22.1. The monoisotopic (exact) mass is 421 g/mol. The van der Waals surface area contributed by atoms with Crippen LogP contribution in [0.3, 0.4) is 0 Å². The van der Waals surface area contributed by atoms with E-state index in [4.69, 9.17) is 16.2 Å². The third kappa shape index (κ3) is 6.20. The van der Waals surface area contributed by atoms with Gasteiger partial charge in [0.2, 0.25) is 5.91 Å². The summed E-state index contributed by atoms with van der Waals surface area (Å²) < 4.78 is 5.79. The number of nitrogens with two attached hydrogens (primary N) is 2. The molecule has 0 radical (unpaired) electrons. The molecule has 31 heavy (non-hydrogen) atoms. The molecule has 3 rings (SSSR count). The first-order valence-corrected chi connectivity index (χ1v) is 10.2. The molecule has 7 nitrogen and oxygen atoms in total. The van der Waals surface area contributed by atoms with E-state index in [-0.39, 0.29) is 11.7 Å². The second kappa shape index (κ2) is 10.4. The van der Waals surface area contributed by atoms with E-state index in [1.54, 1.807) is 30.3 Å². The molecule has 0 aromatic heterocycles. The lowest BCUT2D eigenvalue weighted by Gasteiger charge is -2.13. The molecule has 0 saturated carbocycles. The predicted molar refractivity (Wildman–Crippen MR) is 120 cm³/mol. The molecule has 6 N–H and O–H groups in total. The number of unbranched alkanes of at least 4 members (excludes halogenated alkanes) is 1. The Morgan fingerprint density at radius 3 is 2.35 bits per heavy atom. The van der Waals surface area contributed by atoms with Crippen LogP contribution in [0.15, 0.2) is 60.7 Å². The molecule has 3 aromatic rings. The van der Waals surface area contributed by atoms with Crippen molar-refractivity contribution in [1.82, 2.24) is 5.32 Å². The van der Waals surface area contributed by atoms with Crippen LogP contribution >= 0.6 is 0 Å². The van der Waals surface area contributed by atoms with E-state index in [0.29, 0.717) is 43.7 Å². The number of nitrogens with one attached hydrogen (secondary N) is 1. The predicted octanol–water partition coefficient (Wildman–Crippen LogP) is 2.49. The first-order chi connectivity index (χ1) is 14.9. The van der Waals surface area contributed by atoms with Crippen molar-refractivity contribution in [2.24, 2.45) is 11.5 Å². The van der Waals surface area contributed by atoms with Gasteiger partial charge < -0.3 is 26.6 Å². The molecular formula is C24H27N3O4. The molecule has 0 bridgehead atoms. The second-order valence-electron chi connectivity index (χ2n) is 7.38. The van der Waals surface area contributed by atoms with Crippen molar-refractivity contribution in [2.75, 3.05) is 13.2 Å². The smallest absolute Gasteiger partial charge is 0.252 e. The van der Waals surface area contributed by atoms with E-state index < -0.39 is 11.9 Å². The molecule has 0 saturated heterocycles. The summed E-state index contributed by atoms with van der Waals surface area (Å²) in [5.41, 5.74) is 12.7. The van der Waals surface area contributed by atoms with Crippen molar-refractivity contribution in [1.29, 1.82) is 0 Å². The highest BCUT2D eigenvalue weighted by atomic mass is 16.5. The normalized spacial score (nSPS) is 11.8. The highest BCUT2D eigenvalue weighted by Gasteiger charge is 2.14. The zero-order valence-electron chi connectivity index (χ0n) is 17.2. The molecule has 1 atom stereocenters. The van der Waals surface area contributed by atoms with Gasteiger partial charge in [-0.3, -0.25) is 9.59 Å². The third-order valence-electron chi connectivity index (χ3n) is 4.97. The number of hydrogen-bond donors (Lipinski definition) is 4. The average Bonchev–Trinajstić information content (AvgIpc) is 2.76. The number of fused-ring (bicyclic) bond motifs is 1. The van der Waals surface area contributed by atoms with E-state index in [2.05, 4.69) is 5.32 Å². The Morgan fingerprint density at radius 2 is 1.68 bits per heavy atom. The Kier molecular flexibility index (Phi) is 7.45. The summed E-state index contributed by atoms with van der Waals surface area (Å²) in [6.07, 6.45) is 1.79. The van der Waals surface area contributed by atoms with Crippen molar-refractivity contribution in [2.45, 2.75) is 25.3 Å². The molecule has 0 heterocycles. The second-order valence-corrected chi connectivity index (χ2v) is 7.38. The molecule has 0 aliphatic carbocycles. The van der Waals surface area contributed by atoms with Crippen LogP contribution in [-0.2, 0) is 11.2 Å². The van der Waals surface area contributed by atoms with Crippen molar-refractivity contribution in [3.8, 4) is 11.5 Å². The van der Waals surface area contributed by atoms with Gasteiger partial charge in [0.05, 0.1) is 18.2 Å². The van der Waals surface area contributed by atoms with Crippen LogP contribution in [0.1, 0.15) is 28.8 Å². The summed E-state index contributed by atoms with van der Waals surface area (Å²) in [7, 11) is 0. The summed E-state index contributed by atoms with van der Waals surface area (Å²) in [5.74, 6) is -0.114. The van der Waals surface area contributed by atoms with Gasteiger partial charge in [-0.15, -0.1) is 0 Å². The maximum absolute atomic E-state index is 12.1. The van der Waals surface area contributed by atoms with Gasteiger partial charge in [0.25, 0.3) is 5.91 Å². The molecule has 162 valence electrons. The molecule has 0 fully saturated rings. The summed E-state index contributed by atoms with van der Waals surface area (Å²) in [6.45, 7) is 0.875. The van der Waals surface area contributed by atoms with Crippen LogP contribution < -0.4 is 21.5 Å². The first-order valence-electron chi connectivity index (χ1n) is 10.2. The Morgan fingerprint density at radius 1 is 1.00 bits per heavy atom. The summed E-state index contributed by atoms with van der Waals surface area (Å²) in [5, 5.41) is 14.0. The molecule has 3 aromatic carbocycles. The summed E-state index contributed by atoms with van der Waals surface area (Å²) in [6, 6.07) is 17.2. The fourth-order valence-electron chi connectivity index (χ4n) is 3.26. The van der Waals surface area contributed by atoms with Gasteiger partial charge in [0, 0.05) is 6.54 Å². The van der Waals surface area contributed by atoms with E-state index in [0.717, 1.165) is 16.3 Å². The Hall–Kier alpha value is -3.58. The van der Waals surface area contributed by atoms with Gasteiger partial charge in [-0.2, -0.15) is 0 Å².